The van der Waals surface area contributed by atoms with Crippen LogP contribution in [0.4, 0.5) is 0 Å². The van der Waals surface area contributed by atoms with E-state index in [4.69, 9.17) is 15.2 Å². The molecule has 1 unspecified atom stereocenters. The third kappa shape index (κ3) is 5.19. The van der Waals surface area contributed by atoms with Crippen molar-refractivity contribution in [2.75, 3.05) is 20.3 Å². The van der Waals surface area contributed by atoms with E-state index in [0.717, 1.165) is 23.3 Å². The average molecular weight is 280 g/mol. The molecule has 1 aromatic carbocycles. The summed E-state index contributed by atoms with van der Waals surface area (Å²) in [6, 6.07) is 5.29. The summed E-state index contributed by atoms with van der Waals surface area (Å²) in [6.45, 7) is 5.33. The topological polar surface area (TPSA) is 73.6 Å². The van der Waals surface area contributed by atoms with E-state index in [0.29, 0.717) is 13.2 Å². The number of hydrogen-bond acceptors (Lipinski definition) is 4. The summed E-state index contributed by atoms with van der Waals surface area (Å²) in [7, 11) is 1.52. The number of carbonyl (C=O) groups excluding carboxylic acids is 1. The molecule has 112 valence electrons. The Labute approximate surface area is 120 Å². The van der Waals surface area contributed by atoms with E-state index >= 15 is 0 Å². The number of amides is 1. The summed E-state index contributed by atoms with van der Waals surface area (Å²) in [5.74, 6) is 0.585. The van der Waals surface area contributed by atoms with Crippen LogP contribution in [0.25, 0.3) is 0 Å². The van der Waals surface area contributed by atoms with Crippen LogP contribution in [0.3, 0.4) is 0 Å². The number of methoxy groups -OCH3 is 1. The number of hydrogen-bond donors (Lipinski definition) is 2. The fraction of sp³-hybridized carbons (Fsp3) is 0.533. The van der Waals surface area contributed by atoms with Gasteiger partial charge < -0.3 is 20.5 Å². The van der Waals surface area contributed by atoms with Gasteiger partial charge in [-0.1, -0.05) is 19.1 Å². The van der Waals surface area contributed by atoms with Gasteiger partial charge in [0.05, 0.1) is 13.2 Å². The molecule has 1 aromatic rings. The van der Waals surface area contributed by atoms with E-state index in [1.165, 1.54) is 7.11 Å². The summed E-state index contributed by atoms with van der Waals surface area (Å²) >= 11 is 0. The molecule has 1 amide bonds. The molecule has 0 saturated carbocycles. The second-order valence-electron chi connectivity index (χ2n) is 4.74. The Bertz CT molecular complexity index is 435. The van der Waals surface area contributed by atoms with Crippen molar-refractivity contribution in [3.63, 3.8) is 0 Å². The number of nitrogens with two attached hydrogens (primary N) is 1. The molecule has 20 heavy (non-hydrogen) atoms. The smallest absolute Gasteiger partial charge is 0.239 e. The highest BCUT2D eigenvalue weighted by molar-refractivity contribution is 5.81. The van der Waals surface area contributed by atoms with Crippen LogP contribution >= 0.6 is 0 Å². The molecule has 0 aliphatic rings. The van der Waals surface area contributed by atoms with Gasteiger partial charge in [-0.25, -0.2) is 0 Å². The molecule has 0 aliphatic heterocycles. The Balaban J connectivity index is 2.64. The Kier molecular flexibility index (Phi) is 7.04. The molecule has 5 heteroatoms. The fourth-order valence-corrected chi connectivity index (χ4v) is 1.72. The third-order valence-electron chi connectivity index (χ3n) is 2.82. The first kappa shape index (κ1) is 16.5. The van der Waals surface area contributed by atoms with Crippen LogP contribution in [0.15, 0.2) is 18.2 Å². The standard InChI is InChI=1S/C15H24N2O3/c1-4-7-20-14-8-11(2)5-6-12(14)9-17-15(18)13(16)10-19-3/h5-6,8,13H,4,7,9-10,16H2,1-3H3,(H,17,18). The first-order valence-corrected chi connectivity index (χ1v) is 6.83. The predicted molar refractivity (Wildman–Crippen MR) is 78.7 cm³/mol. The first-order valence-electron chi connectivity index (χ1n) is 6.83. The van der Waals surface area contributed by atoms with Crippen molar-refractivity contribution in [1.29, 1.82) is 0 Å². The summed E-state index contributed by atoms with van der Waals surface area (Å²) in [5.41, 5.74) is 7.74. The first-order chi connectivity index (χ1) is 9.58. The number of ether oxygens (including phenoxy) is 2. The minimum Gasteiger partial charge on any atom is -0.493 e. The summed E-state index contributed by atoms with van der Waals surface area (Å²) in [6.07, 6.45) is 0.943. The molecule has 0 heterocycles. The van der Waals surface area contributed by atoms with Crippen molar-refractivity contribution < 1.29 is 14.3 Å². The number of carbonyl (C=O) groups is 1. The van der Waals surface area contributed by atoms with Crippen LogP contribution in [0.1, 0.15) is 24.5 Å². The van der Waals surface area contributed by atoms with Crippen molar-refractivity contribution in [3.8, 4) is 5.75 Å². The molecule has 0 radical (unpaired) electrons. The minimum absolute atomic E-state index is 0.207. The lowest BCUT2D eigenvalue weighted by Gasteiger charge is -2.14. The van der Waals surface area contributed by atoms with E-state index in [1.54, 1.807) is 0 Å². The van der Waals surface area contributed by atoms with Crippen LogP contribution in [0, 0.1) is 6.92 Å². The Morgan fingerprint density at radius 3 is 2.85 bits per heavy atom. The second kappa shape index (κ2) is 8.55. The van der Waals surface area contributed by atoms with Crippen LogP contribution in [-0.4, -0.2) is 32.3 Å². The Morgan fingerprint density at radius 2 is 2.20 bits per heavy atom. The number of nitrogens with one attached hydrogen (secondary N) is 1. The average Bonchev–Trinajstić information content (AvgIpc) is 2.43. The van der Waals surface area contributed by atoms with Crippen molar-refractivity contribution >= 4 is 5.91 Å². The second-order valence-corrected chi connectivity index (χ2v) is 4.74. The number of benzene rings is 1. The van der Waals surface area contributed by atoms with Crippen LogP contribution < -0.4 is 15.8 Å². The van der Waals surface area contributed by atoms with E-state index in [-0.39, 0.29) is 12.5 Å². The van der Waals surface area contributed by atoms with E-state index in [9.17, 15) is 4.79 Å². The normalized spacial score (nSPS) is 12.0. The lowest BCUT2D eigenvalue weighted by atomic mass is 10.1. The minimum atomic E-state index is -0.648. The van der Waals surface area contributed by atoms with Crippen molar-refractivity contribution in [2.45, 2.75) is 32.9 Å². The molecule has 1 rings (SSSR count). The zero-order valence-corrected chi connectivity index (χ0v) is 12.4. The molecule has 0 aliphatic carbocycles. The third-order valence-corrected chi connectivity index (χ3v) is 2.82. The molecule has 3 N–H and O–H groups in total. The van der Waals surface area contributed by atoms with Gasteiger partial charge >= 0.3 is 0 Å². The maximum atomic E-state index is 11.7. The maximum absolute atomic E-state index is 11.7. The van der Waals surface area contributed by atoms with E-state index in [1.807, 2.05) is 25.1 Å². The molecule has 0 bridgehead atoms. The van der Waals surface area contributed by atoms with Gasteiger partial charge in [-0.3, -0.25) is 4.79 Å². The van der Waals surface area contributed by atoms with Gasteiger partial charge in [-0.05, 0) is 25.0 Å². The highest BCUT2D eigenvalue weighted by atomic mass is 16.5. The van der Waals surface area contributed by atoms with Crippen molar-refractivity contribution in [2.24, 2.45) is 5.73 Å². The van der Waals surface area contributed by atoms with E-state index in [2.05, 4.69) is 12.2 Å². The fourth-order valence-electron chi connectivity index (χ4n) is 1.72. The molecular formula is C15H24N2O3. The molecule has 0 spiro atoms. The highest BCUT2D eigenvalue weighted by Crippen LogP contribution is 2.20. The molecule has 1 atom stereocenters. The van der Waals surface area contributed by atoms with Gasteiger partial charge in [0, 0.05) is 19.2 Å². The van der Waals surface area contributed by atoms with Gasteiger partial charge in [0.2, 0.25) is 5.91 Å². The van der Waals surface area contributed by atoms with Gasteiger partial charge in [-0.15, -0.1) is 0 Å². The van der Waals surface area contributed by atoms with Gasteiger partial charge in [0.15, 0.2) is 0 Å². The largest absolute Gasteiger partial charge is 0.493 e. The highest BCUT2D eigenvalue weighted by Gasteiger charge is 2.13. The van der Waals surface area contributed by atoms with Gasteiger partial charge in [0.1, 0.15) is 11.8 Å². The van der Waals surface area contributed by atoms with E-state index < -0.39 is 6.04 Å². The summed E-state index contributed by atoms with van der Waals surface area (Å²) in [5, 5.41) is 2.80. The van der Waals surface area contributed by atoms with Crippen molar-refractivity contribution in [1.82, 2.24) is 5.32 Å². The Morgan fingerprint density at radius 1 is 1.45 bits per heavy atom. The zero-order valence-electron chi connectivity index (χ0n) is 12.4. The molecule has 0 aromatic heterocycles. The molecule has 0 fully saturated rings. The van der Waals surface area contributed by atoms with Crippen LogP contribution in [-0.2, 0) is 16.1 Å². The zero-order chi connectivity index (χ0) is 15.0. The lowest BCUT2D eigenvalue weighted by Crippen LogP contribution is -2.43. The quantitative estimate of drug-likeness (QED) is 0.754. The Hall–Kier alpha value is -1.59. The number of aryl methyl sites for hydroxylation is 1. The van der Waals surface area contributed by atoms with Gasteiger partial charge in [0.25, 0.3) is 0 Å². The molecule has 0 saturated heterocycles. The van der Waals surface area contributed by atoms with Crippen molar-refractivity contribution in [3.05, 3.63) is 29.3 Å². The SMILES string of the molecule is CCCOc1cc(C)ccc1CNC(=O)C(N)COC. The monoisotopic (exact) mass is 280 g/mol. The summed E-state index contributed by atoms with van der Waals surface area (Å²) in [4.78, 5) is 11.7. The summed E-state index contributed by atoms with van der Waals surface area (Å²) < 4.78 is 10.6. The number of rotatable bonds is 8. The predicted octanol–water partition coefficient (Wildman–Crippen LogP) is 1.37. The van der Waals surface area contributed by atoms with Crippen LogP contribution in [0.5, 0.6) is 5.75 Å². The molecule has 5 nitrogen and oxygen atoms in total. The maximum Gasteiger partial charge on any atom is 0.239 e. The molecular weight excluding hydrogens is 256 g/mol. The van der Waals surface area contributed by atoms with Gasteiger partial charge in [-0.2, -0.15) is 0 Å². The van der Waals surface area contributed by atoms with Crippen LogP contribution in [0.2, 0.25) is 0 Å². The lowest BCUT2D eigenvalue weighted by molar-refractivity contribution is -0.123.